The van der Waals surface area contributed by atoms with E-state index in [2.05, 4.69) is 10.3 Å². The van der Waals surface area contributed by atoms with Crippen molar-refractivity contribution >= 4 is 5.91 Å². The fourth-order valence-electron chi connectivity index (χ4n) is 0.931. The van der Waals surface area contributed by atoms with E-state index >= 15 is 0 Å². The van der Waals surface area contributed by atoms with E-state index in [9.17, 15) is 9.59 Å². The molecule has 0 aliphatic rings. The zero-order valence-electron chi connectivity index (χ0n) is 7.63. The first kappa shape index (κ1) is 9.51. The van der Waals surface area contributed by atoms with Crippen molar-refractivity contribution in [1.82, 2.24) is 10.3 Å². The van der Waals surface area contributed by atoms with E-state index in [1.165, 1.54) is 12.3 Å². The molecule has 0 atom stereocenters. The third-order valence-corrected chi connectivity index (χ3v) is 1.46. The van der Waals surface area contributed by atoms with Crippen LogP contribution in [0.3, 0.4) is 0 Å². The van der Waals surface area contributed by atoms with Gasteiger partial charge in [-0.1, -0.05) is 0 Å². The van der Waals surface area contributed by atoms with Gasteiger partial charge in [0, 0.05) is 23.9 Å². The molecule has 1 aromatic heterocycles. The molecule has 0 unspecified atom stereocenters. The predicted octanol–water partition coefficient (Wildman–Crippen LogP) is 0.513. The lowest BCUT2D eigenvalue weighted by Gasteiger charge is -2.07. The first-order valence-corrected chi connectivity index (χ1v) is 4.09. The van der Waals surface area contributed by atoms with Crippen molar-refractivity contribution in [2.75, 3.05) is 0 Å². The highest BCUT2D eigenvalue weighted by Gasteiger charge is 2.05. The minimum Gasteiger partial charge on any atom is -0.350 e. The van der Waals surface area contributed by atoms with Gasteiger partial charge in [-0.25, -0.2) is 0 Å². The van der Waals surface area contributed by atoms with E-state index in [1.807, 2.05) is 13.8 Å². The molecule has 1 amide bonds. The number of hydrogen-bond acceptors (Lipinski definition) is 2. The molecule has 0 fully saturated rings. The number of aromatic amines is 1. The number of aromatic nitrogens is 1. The summed E-state index contributed by atoms with van der Waals surface area (Å²) in [6.45, 7) is 3.73. The van der Waals surface area contributed by atoms with E-state index in [4.69, 9.17) is 0 Å². The third kappa shape index (κ3) is 2.74. The lowest BCUT2D eigenvalue weighted by Crippen LogP contribution is -2.30. The Labute approximate surface area is 76.0 Å². The standard InChI is InChI=1S/C9H12N2O2/c1-6(2)11-9(13)7-3-4-10-8(12)5-7/h3-6H,1-2H3,(H,10,12)(H,11,13). The number of pyridine rings is 1. The number of amides is 1. The second-order valence-electron chi connectivity index (χ2n) is 3.07. The average Bonchev–Trinajstić information content (AvgIpc) is 2.03. The maximum atomic E-state index is 11.3. The molecule has 0 saturated carbocycles. The van der Waals surface area contributed by atoms with Gasteiger partial charge in [0.2, 0.25) is 5.56 Å². The fraction of sp³-hybridized carbons (Fsp3) is 0.333. The van der Waals surface area contributed by atoms with Gasteiger partial charge in [-0.15, -0.1) is 0 Å². The van der Waals surface area contributed by atoms with E-state index in [0.29, 0.717) is 5.56 Å². The Kier molecular flexibility index (Phi) is 2.84. The monoisotopic (exact) mass is 180 g/mol. The minimum absolute atomic E-state index is 0.0757. The van der Waals surface area contributed by atoms with Gasteiger partial charge in [-0.2, -0.15) is 0 Å². The van der Waals surface area contributed by atoms with Gasteiger partial charge in [0.05, 0.1) is 0 Å². The van der Waals surface area contributed by atoms with Crippen molar-refractivity contribution in [1.29, 1.82) is 0 Å². The lowest BCUT2D eigenvalue weighted by molar-refractivity contribution is 0.0943. The average molecular weight is 180 g/mol. The zero-order valence-corrected chi connectivity index (χ0v) is 7.63. The molecule has 0 aliphatic carbocycles. The summed E-state index contributed by atoms with van der Waals surface area (Å²) >= 11 is 0. The summed E-state index contributed by atoms with van der Waals surface area (Å²) in [6.07, 6.45) is 1.46. The summed E-state index contributed by atoms with van der Waals surface area (Å²) in [4.78, 5) is 24.6. The second kappa shape index (κ2) is 3.89. The third-order valence-electron chi connectivity index (χ3n) is 1.46. The van der Waals surface area contributed by atoms with E-state index in [0.717, 1.165) is 0 Å². The van der Waals surface area contributed by atoms with Crippen LogP contribution >= 0.6 is 0 Å². The van der Waals surface area contributed by atoms with Gasteiger partial charge in [-0.05, 0) is 19.9 Å². The van der Waals surface area contributed by atoms with E-state index in [-0.39, 0.29) is 17.5 Å². The van der Waals surface area contributed by atoms with Gasteiger partial charge in [0.1, 0.15) is 0 Å². The molecular formula is C9H12N2O2. The van der Waals surface area contributed by atoms with E-state index < -0.39 is 0 Å². The molecule has 1 rings (SSSR count). The van der Waals surface area contributed by atoms with Crippen LogP contribution < -0.4 is 10.9 Å². The summed E-state index contributed by atoms with van der Waals surface area (Å²) < 4.78 is 0. The Morgan fingerprint density at radius 3 is 2.77 bits per heavy atom. The molecule has 70 valence electrons. The first-order valence-electron chi connectivity index (χ1n) is 4.09. The van der Waals surface area contributed by atoms with E-state index in [1.54, 1.807) is 6.07 Å². The van der Waals surface area contributed by atoms with Gasteiger partial charge in [-0.3, -0.25) is 9.59 Å². The Morgan fingerprint density at radius 1 is 1.54 bits per heavy atom. The smallest absolute Gasteiger partial charge is 0.251 e. The molecule has 1 aromatic rings. The van der Waals surface area contributed by atoms with Gasteiger partial charge in [0.15, 0.2) is 0 Å². The van der Waals surface area contributed by atoms with Crippen LogP contribution in [0.25, 0.3) is 0 Å². The Bertz CT molecular complexity index is 355. The topological polar surface area (TPSA) is 62.0 Å². The largest absolute Gasteiger partial charge is 0.350 e. The molecule has 13 heavy (non-hydrogen) atoms. The number of carbonyl (C=O) groups excluding carboxylic acids is 1. The molecule has 1 heterocycles. The maximum absolute atomic E-state index is 11.3. The lowest BCUT2D eigenvalue weighted by atomic mass is 10.2. The Hall–Kier alpha value is -1.58. The number of rotatable bonds is 2. The molecule has 4 nitrogen and oxygen atoms in total. The van der Waals surface area contributed by atoms with Crippen molar-refractivity contribution in [2.45, 2.75) is 19.9 Å². The maximum Gasteiger partial charge on any atom is 0.251 e. The summed E-state index contributed by atoms with van der Waals surface area (Å²) in [5.74, 6) is -0.221. The number of hydrogen-bond donors (Lipinski definition) is 2. The van der Waals surface area contributed by atoms with Crippen LogP contribution in [0.1, 0.15) is 24.2 Å². The van der Waals surface area contributed by atoms with Crippen LogP contribution in [0, 0.1) is 0 Å². The number of carbonyl (C=O) groups is 1. The van der Waals surface area contributed by atoms with Crippen molar-refractivity contribution in [2.24, 2.45) is 0 Å². The van der Waals surface area contributed by atoms with Crippen molar-refractivity contribution < 1.29 is 4.79 Å². The Morgan fingerprint density at radius 2 is 2.23 bits per heavy atom. The molecule has 0 radical (unpaired) electrons. The van der Waals surface area contributed by atoms with Crippen molar-refractivity contribution in [3.05, 3.63) is 34.2 Å². The second-order valence-corrected chi connectivity index (χ2v) is 3.07. The predicted molar refractivity (Wildman–Crippen MR) is 49.7 cm³/mol. The fourth-order valence-corrected chi connectivity index (χ4v) is 0.931. The van der Waals surface area contributed by atoms with Crippen LogP contribution in [-0.2, 0) is 0 Å². The van der Waals surface area contributed by atoms with Gasteiger partial charge in [0.25, 0.3) is 5.91 Å². The molecule has 0 spiro atoms. The van der Waals surface area contributed by atoms with Crippen LogP contribution in [0.2, 0.25) is 0 Å². The van der Waals surface area contributed by atoms with Crippen LogP contribution in [0.5, 0.6) is 0 Å². The normalized spacial score (nSPS) is 10.1. The minimum atomic E-state index is -0.267. The molecule has 0 saturated heterocycles. The van der Waals surface area contributed by atoms with Crippen molar-refractivity contribution in [3.63, 3.8) is 0 Å². The molecule has 0 aromatic carbocycles. The quantitative estimate of drug-likeness (QED) is 0.696. The number of nitrogens with one attached hydrogen (secondary N) is 2. The molecule has 0 aliphatic heterocycles. The molecular weight excluding hydrogens is 168 g/mol. The molecule has 0 bridgehead atoms. The van der Waals surface area contributed by atoms with Crippen molar-refractivity contribution in [3.8, 4) is 0 Å². The number of H-pyrrole nitrogens is 1. The summed E-state index contributed by atoms with van der Waals surface area (Å²) in [5.41, 5.74) is 0.119. The van der Waals surface area contributed by atoms with Crippen LogP contribution in [0.4, 0.5) is 0 Å². The van der Waals surface area contributed by atoms with Gasteiger partial charge >= 0.3 is 0 Å². The van der Waals surface area contributed by atoms with Crippen LogP contribution in [-0.4, -0.2) is 16.9 Å². The van der Waals surface area contributed by atoms with Gasteiger partial charge < -0.3 is 10.3 Å². The first-order chi connectivity index (χ1) is 6.09. The molecule has 2 N–H and O–H groups in total. The molecule has 4 heteroatoms. The van der Waals surface area contributed by atoms with Crippen LogP contribution in [0.15, 0.2) is 23.1 Å². The summed E-state index contributed by atoms with van der Waals surface area (Å²) in [5, 5.41) is 2.69. The summed E-state index contributed by atoms with van der Waals surface area (Å²) in [7, 11) is 0. The SMILES string of the molecule is CC(C)NC(=O)c1cc[nH]c(=O)c1. The highest BCUT2D eigenvalue weighted by molar-refractivity contribution is 5.94. The highest BCUT2D eigenvalue weighted by atomic mass is 16.2. The zero-order chi connectivity index (χ0) is 9.84. The Balaban J connectivity index is 2.83. The highest BCUT2D eigenvalue weighted by Crippen LogP contribution is 1.93. The summed E-state index contributed by atoms with van der Waals surface area (Å²) in [6, 6.07) is 2.92.